The third kappa shape index (κ3) is 3.46. The molecule has 0 aliphatic carbocycles. The highest BCUT2D eigenvalue weighted by molar-refractivity contribution is 8.00. The highest BCUT2D eigenvalue weighted by atomic mass is 32.2. The van der Waals surface area contributed by atoms with Crippen LogP contribution in [0.15, 0.2) is 36.7 Å². The van der Waals surface area contributed by atoms with Gasteiger partial charge in [0.15, 0.2) is 0 Å². The van der Waals surface area contributed by atoms with Crippen LogP contribution in [0.25, 0.3) is 0 Å². The Bertz CT molecular complexity index is 762. The van der Waals surface area contributed by atoms with Crippen LogP contribution in [0, 0.1) is 11.3 Å². The Balaban J connectivity index is 1.69. The Morgan fingerprint density at radius 2 is 2.12 bits per heavy atom. The van der Waals surface area contributed by atoms with Crippen LogP contribution in [0.4, 0.5) is 5.69 Å². The molecule has 0 radical (unpaired) electrons. The van der Waals surface area contributed by atoms with Gasteiger partial charge in [0.1, 0.15) is 0 Å². The molecule has 5 nitrogen and oxygen atoms in total. The minimum atomic E-state index is -0.0374. The third-order valence-corrected chi connectivity index (χ3v) is 5.72. The van der Waals surface area contributed by atoms with E-state index in [0.717, 1.165) is 30.6 Å². The molecule has 1 amide bonds. The van der Waals surface area contributed by atoms with E-state index in [1.54, 1.807) is 22.6 Å². The SMILES string of the molecule is C[C@@H](S[C@H]1CCCN(c2cnn(C)c2)C1=O)c1ccc(C#N)cc1. The Labute approximate surface area is 146 Å². The standard InChI is InChI=1S/C18H20N4OS/c1-13(15-7-5-14(10-19)6-8-15)24-17-4-3-9-22(18(17)23)16-11-20-21(2)12-16/h5-8,11-13,17H,3-4,9H2,1-2H3/t13-,17+/m1/s1. The predicted molar refractivity (Wildman–Crippen MR) is 95.7 cm³/mol. The monoisotopic (exact) mass is 340 g/mol. The second kappa shape index (κ2) is 7.10. The predicted octanol–water partition coefficient (Wildman–Crippen LogP) is 3.28. The molecule has 2 atom stereocenters. The van der Waals surface area contributed by atoms with Crippen molar-refractivity contribution in [1.82, 2.24) is 9.78 Å². The van der Waals surface area contributed by atoms with Crippen LogP contribution in [0.3, 0.4) is 0 Å². The molecule has 1 aliphatic heterocycles. The summed E-state index contributed by atoms with van der Waals surface area (Å²) in [5.74, 6) is 0.166. The first-order chi connectivity index (χ1) is 11.6. The highest BCUT2D eigenvalue weighted by Crippen LogP contribution is 2.37. The maximum atomic E-state index is 12.8. The van der Waals surface area contributed by atoms with E-state index in [1.807, 2.05) is 42.4 Å². The molecule has 2 heterocycles. The van der Waals surface area contributed by atoms with Crippen LogP contribution < -0.4 is 4.90 Å². The van der Waals surface area contributed by atoms with Crippen molar-refractivity contribution in [3.05, 3.63) is 47.8 Å². The van der Waals surface area contributed by atoms with E-state index in [2.05, 4.69) is 18.1 Å². The zero-order valence-corrected chi connectivity index (χ0v) is 14.7. The number of carbonyl (C=O) groups excluding carboxylic acids is 1. The van der Waals surface area contributed by atoms with Crippen LogP contribution in [0.5, 0.6) is 0 Å². The van der Waals surface area contributed by atoms with Gasteiger partial charge in [0.05, 0.1) is 28.8 Å². The van der Waals surface area contributed by atoms with Crippen molar-refractivity contribution >= 4 is 23.4 Å². The number of benzene rings is 1. The van der Waals surface area contributed by atoms with Gasteiger partial charge in [0.2, 0.25) is 5.91 Å². The average molecular weight is 340 g/mol. The number of rotatable bonds is 4. The summed E-state index contributed by atoms with van der Waals surface area (Å²) >= 11 is 1.70. The minimum Gasteiger partial charge on any atom is -0.309 e. The molecule has 2 aromatic rings. The number of anilines is 1. The quantitative estimate of drug-likeness (QED) is 0.857. The van der Waals surface area contributed by atoms with Gasteiger partial charge in [-0.3, -0.25) is 9.48 Å². The highest BCUT2D eigenvalue weighted by Gasteiger charge is 2.32. The third-order valence-electron chi connectivity index (χ3n) is 4.27. The first-order valence-corrected chi connectivity index (χ1v) is 8.98. The molecular weight excluding hydrogens is 320 g/mol. The Morgan fingerprint density at radius 1 is 1.38 bits per heavy atom. The number of amides is 1. The van der Waals surface area contributed by atoms with E-state index in [1.165, 1.54) is 0 Å². The lowest BCUT2D eigenvalue weighted by Crippen LogP contribution is -2.43. The molecule has 0 bridgehead atoms. The van der Waals surface area contributed by atoms with Crippen LogP contribution >= 0.6 is 11.8 Å². The van der Waals surface area contributed by atoms with Crippen LogP contribution in [-0.2, 0) is 11.8 Å². The second-order valence-corrected chi connectivity index (χ2v) is 7.55. The van der Waals surface area contributed by atoms with Crippen LogP contribution in [-0.4, -0.2) is 27.5 Å². The summed E-state index contributed by atoms with van der Waals surface area (Å²) in [6.07, 6.45) is 5.53. The molecule has 1 fully saturated rings. The number of aromatic nitrogens is 2. The summed E-state index contributed by atoms with van der Waals surface area (Å²) in [6, 6.07) is 9.74. The van der Waals surface area contributed by atoms with Crippen molar-refractivity contribution in [1.29, 1.82) is 5.26 Å². The lowest BCUT2D eigenvalue weighted by atomic mass is 10.1. The largest absolute Gasteiger partial charge is 0.309 e. The van der Waals surface area contributed by atoms with Gasteiger partial charge in [-0.25, -0.2) is 0 Å². The molecule has 124 valence electrons. The zero-order chi connectivity index (χ0) is 17.1. The summed E-state index contributed by atoms with van der Waals surface area (Å²) in [5.41, 5.74) is 2.68. The van der Waals surface area contributed by atoms with Gasteiger partial charge in [0, 0.05) is 25.0 Å². The minimum absolute atomic E-state index is 0.0374. The maximum absolute atomic E-state index is 12.8. The number of nitrogens with zero attached hydrogens (tertiary/aromatic N) is 4. The average Bonchev–Trinajstić information content (AvgIpc) is 3.03. The Morgan fingerprint density at radius 3 is 2.75 bits per heavy atom. The number of thioether (sulfide) groups is 1. The summed E-state index contributed by atoms with van der Waals surface area (Å²) in [5, 5.41) is 13.2. The first-order valence-electron chi connectivity index (χ1n) is 8.04. The molecule has 24 heavy (non-hydrogen) atoms. The fourth-order valence-electron chi connectivity index (χ4n) is 2.93. The summed E-state index contributed by atoms with van der Waals surface area (Å²) in [6.45, 7) is 2.87. The van der Waals surface area contributed by atoms with Gasteiger partial charge in [-0.15, -0.1) is 11.8 Å². The molecule has 3 rings (SSSR count). The maximum Gasteiger partial charge on any atom is 0.240 e. The summed E-state index contributed by atoms with van der Waals surface area (Å²) < 4.78 is 1.72. The van der Waals surface area contributed by atoms with Gasteiger partial charge in [-0.05, 0) is 37.5 Å². The van der Waals surface area contributed by atoms with Gasteiger partial charge >= 0.3 is 0 Å². The van der Waals surface area contributed by atoms with Gasteiger partial charge in [-0.1, -0.05) is 12.1 Å². The van der Waals surface area contributed by atoms with Crippen LogP contribution in [0.1, 0.15) is 36.1 Å². The molecule has 1 aromatic carbocycles. The Hall–Kier alpha value is -2.26. The number of hydrogen-bond donors (Lipinski definition) is 0. The lowest BCUT2D eigenvalue weighted by Gasteiger charge is -2.32. The van der Waals surface area contributed by atoms with E-state index in [4.69, 9.17) is 5.26 Å². The van der Waals surface area contributed by atoms with Crippen LogP contribution in [0.2, 0.25) is 0 Å². The van der Waals surface area contributed by atoms with Crippen molar-refractivity contribution in [2.75, 3.05) is 11.4 Å². The van der Waals surface area contributed by atoms with E-state index in [9.17, 15) is 4.79 Å². The van der Waals surface area contributed by atoms with Crippen molar-refractivity contribution in [2.24, 2.45) is 7.05 Å². The van der Waals surface area contributed by atoms with Crippen molar-refractivity contribution in [3.8, 4) is 6.07 Å². The molecule has 1 aromatic heterocycles. The number of carbonyl (C=O) groups is 1. The fraction of sp³-hybridized carbons (Fsp3) is 0.389. The molecule has 0 unspecified atom stereocenters. The lowest BCUT2D eigenvalue weighted by molar-refractivity contribution is -0.119. The molecule has 1 aliphatic rings. The Kier molecular flexibility index (Phi) is 4.91. The van der Waals surface area contributed by atoms with Crippen molar-refractivity contribution < 1.29 is 4.79 Å². The van der Waals surface area contributed by atoms with Crippen molar-refractivity contribution in [2.45, 2.75) is 30.3 Å². The fourth-order valence-corrected chi connectivity index (χ4v) is 4.28. The number of aryl methyl sites for hydroxylation is 1. The molecule has 0 saturated carbocycles. The molecule has 0 spiro atoms. The first kappa shape index (κ1) is 16.6. The molecule has 1 saturated heterocycles. The van der Waals surface area contributed by atoms with Gasteiger partial charge in [-0.2, -0.15) is 10.4 Å². The van der Waals surface area contributed by atoms with E-state index >= 15 is 0 Å². The number of piperidine rings is 1. The number of nitriles is 1. The van der Waals surface area contributed by atoms with Crippen molar-refractivity contribution in [3.63, 3.8) is 0 Å². The molecular formula is C18H20N4OS. The molecule has 6 heteroatoms. The normalized spacial score (nSPS) is 19.1. The summed E-state index contributed by atoms with van der Waals surface area (Å²) in [7, 11) is 1.86. The summed E-state index contributed by atoms with van der Waals surface area (Å²) in [4.78, 5) is 14.7. The second-order valence-electron chi connectivity index (χ2n) is 6.01. The smallest absolute Gasteiger partial charge is 0.240 e. The topological polar surface area (TPSA) is 61.9 Å². The number of hydrogen-bond acceptors (Lipinski definition) is 4. The zero-order valence-electron chi connectivity index (χ0n) is 13.8. The van der Waals surface area contributed by atoms with E-state index in [-0.39, 0.29) is 16.4 Å². The van der Waals surface area contributed by atoms with E-state index in [0.29, 0.717) is 5.56 Å². The van der Waals surface area contributed by atoms with Gasteiger partial charge in [0.25, 0.3) is 0 Å². The van der Waals surface area contributed by atoms with Gasteiger partial charge < -0.3 is 4.90 Å². The molecule has 0 N–H and O–H groups in total. The van der Waals surface area contributed by atoms with E-state index < -0.39 is 0 Å².